The fourth-order valence-corrected chi connectivity index (χ4v) is 2.01. The topological polar surface area (TPSA) is 40.1 Å². The van der Waals surface area contributed by atoms with Crippen LogP contribution in [0.5, 0.6) is 0 Å². The van der Waals surface area contributed by atoms with Gasteiger partial charge in [0, 0.05) is 34.3 Å². The van der Waals surface area contributed by atoms with E-state index in [1.807, 2.05) is 37.2 Å². The summed E-state index contributed by atoms with van der Waals surface area (Å²) < 4.78 is 5.08. The molecule has 0 heterocycles. The molecule has 0 spiro atoms. The highest BCUT2D eigenvalue weighted by atomic mass is 16.5. The number of nitrogens with one attached hydrogen (secondary N) is 1. The number of methoxy groups -OCH3 is 1. The van der Waals surface area contributed by atoms with Crippen molar-refractivity contribution in [1.82, 2.24) is 15.1 Å². The summed E-state index contributed by atoms with van der Waals surface area (Å²) in [6, 6.07) is 10.3. The molecule has 0 atom stereocenters. The van der Waals surface area contributed by atoms with E-state index in [4.69, 9.17) is 4.74 Å². The third-order valence-electron chi connectivity index (χ3n) is 3.35. The van der Waals surface area contributed by atoms with Crippen molar-refractivity contribution < 1.29 is 4.74 Å². The lowest BCUT2D eigenvalue weighted by atomic mass is 10.2. The Kier molecular flexibility index (Phi) is 9.26. The van der Waals surface area contributed by atoms with Crippen LogP contribution in [0.4, 0.5) is 0 Å². The van der Waals surface area contributed by atoms with Crippen molar-refractivity contribution in [3.63, 3.8) is 0 Å². The fourth-order valence-electron chi connectivity index (χ4n) is 2.01. The zero-order chi connectivity index (χ0) is 16.2. The number of benzene rings is 1. The SMILES string of the molecule is COCCN(C)CCCNC(=NCc1ccccc1)N(C)C. The van der Waals surface area contributed by atoms with E-state index in [0.29, 0.717) is 6.54 Å². The van der Waals surface area contributed by atoms with Crippen LogP contribution in [0.15, 0.2) is 35.3 Å². The molecule has 0 saturated heterocycles. The molecule has 5 nitrogen and oxygen atoms in total. The van der Waals surface area contributed by atoms with Crippen molar-refractivity contribution in [1.29, 1.82) is 0 Å². The van der Waals surface area contributed by atoms with Crippen LogP contribution < -0.4 is 5.32 Å². The number of guanidine groups is 1. The number of hydrogen-bond acceptors (Lipinski definition) is 3. The average molecular weight is 306 g/mol. The van der Waals surface area contributed by atoms with Gasteiger partial charge in [-0.15, -0.1) is 0 Å². The molecule has 1 aromatic carbocycles. The van der Waals surface area contributed by atoms with Gasteiger partial charge in [-0.25, -0.2) is 4.99 Å². The van der Waals surface area contributed by atoms with Gasteiger partial charge in [0.25, 0.3) is 0 Å². The van der Waals surface area contributed by atoms with E-state index in [0.717, 1.165) is 38.6 Å². The maximum Gasteiger partial charge on any atom is 0.193 e. The molecule has 0 aliphatic heterocycles. The molecule has 0 amide bonds. The molecule has 0 fully saturated rings. The second kappa shape index (κ2) is 11.0. The minimum Gasteiger partial charge on any atom is -0.383 e. The number of likely N-dealkylation sites (N-methyl/N-ethyl adjacent to an activating group) is 1. The first-order valence-electron chi connectivity index (χ1n) is 7.80. The van der Waals surface area contributed by atoms with Gasteiger partial charge in [0.1, 0.15) is 0 Å². The highest BCUT2D eigenvalue weighted by Gasteiger charge is 2.02. The van der Waals surface area contributed by atoms with Gasteiger partial charge >= 0.3 is 0 Å². The van der Waals surface area contributed by atoms with Crippen molar-refractivity contribution in [2.45, 2.75) is 13.0 Å². The molecule has 0 aliphatic rings. The number of aliphatic imine (C=N–C) groups is 1. The monoisotopic (exact) mass is 306 g/mol. The van der Waals surface area contributed by atoms with E-state index in [-0.39, 0.29) is 0 Å². The lowest BCUT2D eigenvalue weighted by Crippen LogP contribution is -2.38. The first kappa shape index (κ1) is 18.5. The van der Waals surface area contributed by atoms with E-state index in [2.05, 4.69) is 34.4 Å². The van der Waals surface area contributed by atoms with Crippen LogP contribution in [0.1, 0.15) is 12.0 Å². The minimum atomic E-state index is 0.703. The lowest BCUT2D eigenvalue weighted by Gasteiger charge is -2.19. The standard InChI is InChI=1S/C17H30N4O/c1-20(2)17(19-15-16-9-6-5-7-10-16)18-11-8-12-21(3)13-14-22-4/h5-7,9-10H,8,11-15H2,1-4H3,(H,18,19). The highest BCUT2D eigenvalue weighted by Crippen LogP contribution is 2.00. The van der Waals surface area contributed by atoms with Gasteiger partial charge in [0.15, 0.2) is 5.96 Å². The van der Waals surface area contributed by atoms with Crippen LogP contribution >= 0.6 is 0 Å². The summed E-state index contributed by atoms with van der Waals surface area (Å²) in [6.45, 7) is 4.43. The second-order valence-electron chi connectivity index (χ2n) is 5.60. The molecule has 0 radical (unpaired) electrons. The van der Waals surface area contributed by atoms with Crippen molar-refractivity contribution in [2.75, 3.05) is 54.5 Å². The van der Waals surface area contributed by atoms with E-state index in [1.165, 1.54) is 5.56 Å². The van der Waals surface area contributed by atoms with Gasteiger partial charge in [-0.05, 0) is 25.6 Å². The molecular formula is C17H30N4O. The highest BCUT2D eigenvalue weighted by molar-refractivity contribution is 5.79. The molecular weight excluding hydrogens is 276 g/mol. The molecule has 124 valence electrons. The predicted molar refractivity (Wildman–Crippen MR) is 93.3 cm³/mol. The molecule has 1 rings (SSSR count). The van der Waals surface area contributed by atoms with Crippen molar-refractivity contribution in [3.8, 4) is 0 Å². The molecule has 0 unspecified atom stereocenters. The average Bonchev–Trinajstić information content (AvgIpc) is 2.52. The van der Waals surface area contributed by atoms with E-state index in [9.17, 15) is 0 Å². The Morgan fingerprint density at radius 2 is 1.86 bits per heavy atom. The van der Waals surface area contributed by atoms with Crippen molar-refractivity contribution in [3.05, 3.63) is 35.9 Å². The van der Waals surface area contributed by atoms with Crippen LogP contribution in [-0.4, -0.2) is 70.3 Å². The van der Waals surface area contributed by atoms with Crippen LogP contribution in [0.3, 0.4) is 0 Å². The summed E-state index contributed by atoms with van der Waals surface area (Å²) in [5, 5.41) is 3.42. The Morgan fingerprint density at radius 1 is 1.14 bits per heavy atom. The van der Waals surface area contributed by atoms with Crippen LogP contribution in [-0.2, 0) is 11.3 Å². The second-order valence-corrected chi connectivity index (χ2v) is 5.60. The van der Waals surface area contributed by atoms with Crippen molar-refractivity contribution >= 4 is 5.96 Å². The smallest absolute Gasteiger partial charge is 0.193 e. The van der Waals surface area contributed by atoms with Gasteiger partial charge in [0.05, 0.1) is 13.2 Å². The third-order valence-corrected chi connectivity index (χ3v) is 3.35. The zero-order valence-electron chi connectivity index (χ0n) is 14.4. The minimum absolute atomic E-state index is 0.703. The zero-order valence-corrected chi connectivity index (χ0v) is 14.4. The molecule has 5 heteroatoms. The summed E-state index contributed by atoms with van der Waals surface area (Å²) in [5.41, 5.74) is 1.22. The molecule has 22 heavy (non-hydrogen) atoms. The quantitative estimate of drug-likeness (QED) is 0.428. The van der Waals surface area contributed by atoms with Crippen LogP contribution in [0.25, 0.3) is 0 Å². The molecule has 0 saturated carbocycles. The number of rotatable bonds is 9. The summed E-state index contributed by atoms with van der Waals surface area (Å²) in [4.78, 5) is 8.96. The Bertz CT molecular complexity index is 420. The first-order chi connectivity index (χ1) is 10.6. The van der Waals surface area contributed by atoms with Gasteiger partial charge in [-0.3, -0.25) is 0 Å². The summed E-state index contributed by atoms with van der Waals surface area (Å²) in [6.07, 6.45) is 1.08. The number of ether oxygens (including phenoxy) is 1. The maximum absolute atomic E-state index is 5.08. The Labute approximate surface area is 135 Å². The maximum atomic E-state index is 5.08. The van der Waals surface area contributed by atoms with E-state index < -0.39 is 0 Å². The van der Waals surface area contributed by atoms with Gasteiger partial charge < -0.3 is 19.9 Å². The number of hydrogen-bond donors (Lipinski definition) is 1. The molecule has 1 aromatic rings. The lowest BCUT2D eigenvalue weighted by molar-refractivity contribution is 0.161. The first-order valence-corrected chi connectivity index (χ1v) is 7.80. The molecule has 0 bridgehead atoms. The molecule has 0 aromatic heterocycles. The largest absolute Gasteiger partial charge is 0.383 e. The summed E-state index contributed by atoms with van der Waals surface area (Å²) >= 11 is 0. The van der Waals surface area contributed by atoms with Crippen molar-refractivity contribution in [2.24, 2.45) is 4.99 Å². The molecule has 1 N–H and O–H groups in total. The Balaban J connectivity index is 2.32. The van der Waals surface area contributed by atoms with Gasteiger partial charge in [-0.1, -0.05) is 30.3 Å². The van der Waals surface area contributed by atoms with Gasteiger partial charge in [-0.2, -0.15) is 0 Å². The summed E-state index contributed by atoms with van der Waals surface area (Å²) in [7, 11) is 7.89. The van der Waals surface area contributed by atoms with Crippen LogP contribution in [0.2, 0.25) is 0 Å². The van der Waals surface area contributed by atoms with Gasteiger partial charge in [0.2, 0.25) is 0 Å². The molecule has 0 aliphatic carbocycles. The number of nitrogens with zero attached hydrogens (tertiary/aromatic N) is 3. The Hall–Kier alpha value is -1.59. The third kappa shape index (κ3) is 8.00. The Morgan fingerprint density at radius 3 is 2.50 bits per heavy atom. The van der Waals surface area contributed by atoms with Crippen LogP contribution in [0, 0.1) is 0 Å². The normalized spacial score (nSPS) is 11.8. The van der Waals surface area contributed by atoms with E-state index in [1.54, 1.807) is 7.11 Å². The fraction of sp³-hybridized carbons (Fsp3) is 0.588. The van der Waals surface area contributed by atoms with E-state index >= 15 is 0 Å². The predicted octanol–water partition coefficient (Wildman–Crippen LogP) is 1.66. The summed E-state index contributed by atoms with van der Waals surface area (Å²) in [5.74, 6) is 0.934.